The van der Waals surface area contributed by atoms with Gasteiger partial charge in [-0.2, -0.15) is 0 Å². The molecule has 0 aliphatic rings. The molecule has 2 aromatic heterocycles. The molecular formula is C20H19ClF2N4O. The maximum absolute atomic E-state index is 14.1. The zero-order valence-electron chi connectivity index (χ0n) is 15.4. The average molecular weight is 405 g/mol. The number of benzene rings is 1. The fourth-order valence-corrected chi connectivity index (χ4v) is 3.16. The van der Waals surface area contributed by atoms with E-state index < -0.39 is 23.6 Å². The topological polar surface area (TPSA) is 49.6 Å². The number of aromatic nitrogens is 2. The Hall–Kier alpha value is -2.77. The molecule has 1 N–H and O–H groups in total. The Labute approximate surface area is 166 Å². The number of rotatable bonds is 6. The Bertz CT molecular complexity index is 1010. The molecule has 0 radical (unpaired) electrons. The van der Waals surface area contributed by atoms with E-state index in [9.17, 15) is 13.6 Å². The SMILES string of the molecule is CN(C)C(CNC(=O)/C=C/c1c(Cl)nc2ccccn12)c1c(F)cccc1F. The number of hydrogen-bond acceptors (Lipinski definition) is 3. The number of carbonyl (C=O) groups excluding carboxylic acids is 1. The van der Waals surface area contributed by atoms with Gasteiger partial charge >= 0.3 is 0 Å². The third-order valence-corrected chi connectivity index (χ3v) is 4.62. The standard InChI is InChI=1S/C20H19ClF2N4O/c1-26(2)16(19-13(22)6-5-7-14(19)23)12-24-18(28)10-9-15-20(21)25-17-8-3-4-11-27(15)17/h3-11,16H,12H2,1-2H3,(H,24,28)/b10-9+. The highest BCUT2D eigenvalue weighted by atomic mass is 35.5. The summed E-state index contributed by atoms with van der Waals surface area (Å²) in [5.41, 5.74) is 1.15. The van der Waals surface area contributed by atoms with Crippen LogP contribution in [0.2, 0.25) is 5.15 Å². The monoisotopic (exact) mass is 404 g/mol. The summed E-state index contributed by atoms with van der Waals surface area (Å²) in [5, 5.41) is 2.95. The van der Waals surface area contributed by atoms with E-state index >= 15 is 0 Å². The van der Waals surface area contributed by atoms with Crippen molar-refractivity contribution in [3.63, 3.8) is 0 Å². The number of carbonyl (C=O) groups is 1. The van der Waals surface area contributed by atoms with Crippen molar-refractivity contribution in [3.8, 4) is 0 Å². The van der Waals surface area contributed by atoms with Crippen molar-refractivity contribution < 1.29 is 13.6 Å². The minimum atomic E-state index is -0.655. The molecule has 1 unspecified atom stereocenters. The van der Waals surface area contributed by atoms with Crippen LogP contribution < -0.4 is 5.32 Å². The van der Waals surface area contributed by atoms with E-state index in [1.165, 1.54) is 24.3 Å². The van der Waals surface area contributed by atoms with Gasteiger partial charge < -0.3 is 10.2 Å². The molecule has 5 nitrogen and oxygen atoms in total. The van der Waals surface area contributed by atoms with Gasteiger partial charge in [0.1, 0.15) is 17.3 Å². The number of halogens is 3. The van der Waals surface area contributed by atoms with Crippen molar-refractivity contribution in [1.82, 2.24) is 19.6 Å². The zero-order valence-corrected chi connectivity index (χ0v) is 16.1. The molecule has 0 aliphatic heterocycles. The predicted molar refractivity (Wildman–Crippen MR) is 105 cm³/mol. The van der Waals surface area contributed by atoms with Crippen LogP contribution in [0.25, 0.3) is 11.7 Å². The molecule has 28 heavy (non-hydrogen) atoms. The molecular weight excluding hydrogens is 386 g/mol. The van der Waals surface area contributed by atoms with E-state index in [4.69, 9.17) is 11.6 Å². The molecule has 3 rings (SSSR count). The Morgan fingerprint density at radius 2 is 1.96 bits per heavy atom. The number of likely N-dealkylation sites (N-methyl/N-ethyl adjacent to an activating group) is 1. The van der Waals surface area contributed by atoms with Crippen LogP contribution in [0.1, 0.15) is 17.3 Å². The number of pyridine rings is 1. The molecule has 0 saturated carbocycles. The fraction of sp³-hybridized carbons (Fsp3) is 0.200. The molecule has 8 heteroatoms. The van der Waals surface area contributed by atoms with Crippen LogP contribution in [0.5, 0.6) is 0 Å². The van der Waals surface area contributed by atoms with E-state index in [2.05, 4.69) is 10.3 Å². The Kier molecular flexibility index (Phi) is 6.06. The Morgan fingerprint density at radius 3 is 2.64 bits per heavy atom. The van der Waals surface area contributed by atoms with Gasteiger partial charge in [0.2, 0.25) is 5.91 Å². The highest BCUT2D eigenvalue weighted by molar-refractivity contribution is 6.31. The van der Waals surface area contributed by atoms with Crippen molar-refractivity contribution >= 4 is 29.2 Å². The third-order valence-electron chi connectivity index (χ3n) is 4.34. The van der Waals surface area contributed by atoms with E-state index in [-0.39, 0.29) is 17.3 Å². The largest absolute Gasteiger partial charge is 0.351 e. The number of fused-ring (bicyclic) bond motifs is 1. The van der Waals surface area contributed by atoms with Crippen LogP contribution in [0, 0.1) is 11.6 Å². The number of hydrogen-bond donors (Lipinski definition) is 1. The lowest BCUT2D eigenvalue weighted by atomic mass is 10.0. The molecule has 3 aromatic rings. The van der Waals surface area contributed by atoms with Gasteiger partial charge in [-0.15, -0.1) is 0 Å². The molecule has 146 valence electrons. The first-order chi connectivity index (χ1) is 13.4. The lowest BCUT2D eigenvalue weighted by molar-refractivity contribution is -0.116. The predicted octanol–water partition coefficient (Wildman–Crippen LogP) is 3.70. The van der Waals surface area contributed by atoms with Gasteiger partial charge in [0.15, 0.2) is 5.15 Å². The van der Waals surface area contributed by atoms with Gasteiger partial charge in [-0.05, 0) is 44.4 Å². The number of nitrogens with one attached hydrogen (secondary N) is 1. The molecule has 1 atom stereocenters. The zero-order chi connectivity index (χ0) is 20.3. The second-order valence-electron chi connectivity index (χ2n) is 6.41. The smallest absolute Gasteiger partial charge is 0.244 e. The minimum Gasteiger partial charge on any atom is -0.351 e. The van der Waals surface area contributed by atoms with Crippen LogP contribution in [0.15, 0.2) is 48.7 Å². The average Bonchev–Trinajstić information content (AvgIpc) is 2.97. The van der Waals surface area contributed by atoms with Gasteiger partial charge in [-0.3, -0.25) is 9.20 Å². The first-order valence-corrected chi connectivity index (χ1v) is 8.95. The van der Waals surface area contributed by atoms with Gasteiger partial charge in [0.05, 0.1) is 11.7 Å². The molecule has 0 bridgehead atoms. The maximum atomic E-state index is 14.1. The molecule has 1 amide bonds. The van der Waals surface area contributed by atoms with Gasteiger partial charge in [0, 0.05) is 24.4 Å². The summed E-state index contributed by atoms with van der Waals surface area (Å²) >= 11 is 6.13. The van der Waals surface area contributed by atoms with E-state index in [1.807, 2.05) is 12.1 Å². The summed E-state index contributed by atoms with van der Waals surface area (Å²) in [5.74, 6) is -1.72. The van der Waals surface area contributed by atoms with Gasteiger partial charge in [0.25, 0.3) is 0 Å². The summed E-state index contributed by atoms with van der Waals surface area (Å²) in [7, 11) is 3.38. The summed E-state index contributed by atoms with van der Waals surface area (Å²) in [4.78, 5) is 18.1. The van der Waals surface area contributed by atoms with Crippen molar-refractivity contribution in [2.75, 3.05) is 20.6 Å². The highest BCUT2D eigenvalue weighted by Crippen LogP contribution is 2.24. The Balaban J connectivity index is 1.73. The van der Waals surface area contributed by atoms with Crippen molar-refractivity contribution in [2.45, 2.75) is 6.04 Å². The Morgan fingerprint density at radius 1 is 1.25 bits per heavy atom. The summed E-state index contributed by atoms with van der Waals surface area (Å²) < 4.78 is 29.9. The van der Waals surface area contributed by atoms with E-state index in [1.54, 1.807) is 41.7 Å². The van der Waals surface area contributed by atoms with Gasteiger partial charge in [-0.25, -0.2) is 13.8 Å². The number of nitrogens with zero attached hydrogens (tertiary/aromatic N) is 3. The van der Waals surface area contributed by atoms with Crippen molar-refractivity contribution in [3.05, 3.63) is 76.7 Å². The van der Waals surface area contributed by atoms with Crippen LogP contribution >= 0.6 is 11.6 Å². The quantitative estimate of drug-likeness (QED) is 0.637. The van der Waals surface area contributed by atoms with Crippen LogP contribution in [-0.4, -0.2) is 40.8 Å². The first-order valence-electron chi connectivity index (χ1n) is 8.57. The summed E-state index contributed by atoms with van der Waals surface area (Å²) in [6.07, 6.45) is 4.65. The molecule has 0 spiro atoms. The lowest BCUT2D eigenvalue weighted by Gasteiger charge is -2.25. The molecule has 2 heterocycles. The lowest BCUT2D eigenvalue weighted by Crippen LogP contribution is -2.34. The highest BCUT2D eigenvalue weighted by Gasteiger charge is 2.22. The molecule has 1 aromatic carbocycles. The summed E-state index contributed by atoms with van der Waals surface area (Å²) in [6.45, 7) is 0.0366. The third kappa shape index (κ3) is 4.21. The van der Waals surface area contributed by atoms with Crippen LogP contribution in [0.4, 0.5) is 8.78 Å². The minimum absolute atomic E-state index is 0.0366. The normalized spacial score (nSPS) is 12.8. The first kappa shape index (κ1) is 20.0. The maximum Gasteiger partial charge on any atom is 0.244 e. The van der Waals surface area contributed by atoms with Crippen molar-refractivity contribution in [1.29, 1.82) is 0 Å². The van der Waals surface area contributed by atoms with Gasteiger partial charge in [-0.1, -0.05) is 23.7 Å². The van der Waals surface area contributed by atoms with Crippen LogP contribution in [0.3, 0.4) is 0 Å². The van der Waals surface area contributed by atoms with Crippen LogP contribution in [-0.2, 0) is 4.79 Å². The molecule has 0 fully saturated rings. The fourth-order valence-electron chi connectivity index (χ4n) is 2.92. The second-order valence-corrected chi connectivity index (χ2v) is 6.77. The number of amides is 1. The second kappa shape index (κ2) is 8.50. The summed E-state index contributed by atoms with van der Waals surface area (Å²) in [6, 6.07) is 8.51. The van der Waals surface area contributed by atoms with E-state index in [0.717, 1.165) is 0 Å². The van der Waals surface area contributed by atoms with E-state index in [0.29, 0.717) is 11.3 Å². The molecule has 0 aliphatic carbocycles. The molecule has 0 saturated heterocycles. The number of imidazole rings is 1. The van der Waals surface area contributed by atoms with Crippen molar-refractivity contribution in [2.24, 2.45) is 0 Å².